The summed E-state index contributed by atoms with van der Waals surface area (Å²) in [5, 5.41) is 4.13. The third-order valence-corrected chi connectivity index (χ3v) is 2.86. The van der Waals surface area contributed by atoms with Gasteiger partial charge in [-0.15, -0.1) is 0 Å². The lowest BCUT2D eigenvalue weighted by molar-refractivity contribution is 0.103. The summed E-state index contributed by atoms with van der Waals surface area (Å²) in [7, 11) is 0. The Hall–Kier alpha value is -2.76. The van der Waals surface area contributed by atoms with Crippen LogP contribution in [0.5, 0.6) is 5.75 Å². The first kappa shape index (κ1) is 12.3. The van der Waals surface area contributed by atoms with E-state index in [0.717, 1.165) is 0 Å². The summed E-state index contributed by atoms with van der Waals surface area (Å²) < 4.78 is 6.96. The molecular formula is C14H12N4O2. The van der Waals surface area contributed by atoms with Crippen molar-refractivity contribution in [3.63, 3.8) is 0 Å². The molecule has 0 fully saturated rings. The molecule has 0 N–H and O–H groups in total. The Labute approximate surface area is 115 Å². The van der Waals surface area contributed by atoms with Crippen molar-refractivity contribution in [2.45, 2.75) is 6.92 Å². The van der Waals surface area contributed by atoms with Gasteiger partial charge in [0, 0.05) is 24.2 Å². The number of ketones is 1. The van der Waals surface area contributed by atoms with Gasteiger partial charge in [0.1, 0.15) is 5.75 Å². The number of fused-ring (bicyclic) bond motifs is 1. The summed E-state index contributed by atoms with van der Waals surface area (Å²) >= 11 is 0. The van der Waals surface area contributed by atoms with E-state index in [1.54, 1.807) is 35.4 Å². The van der Waals surface area contributed by atoms with E-state index in [0.29, 0.717) is 29.0 Å². The predicted octanol–water partition coefficient (Wildman–Crippen LogP) is 1.75. The Bertz CT molecular complexity index is 766. The van der Waals surface area contributed by atoms with Crippen LogP contribution in [0.25, 0.3) is 5.52 Å². The first-order valence-corrected chi connectivity index (χ1v) is 6.19. The molecule has 0 aromatic carbocycles. The lowest BCUT2D eigenvalue weighted by Gasteiger charge is -2.04. The van der Waals surface area contributed by atoms with Crippen molar-refractivity contribution in [3.8, 4) is 5.75 Å². The largest absolute Gasteiger partial charge is 0.492 e. The monoisotopic (exact) mass is 268 g/mol. The summed E-state index contributed by atoms with van der Waals surface area (Å²) in [5.74, 6) is 0.426. The van der Waals surface area contributed by atoms with Crippen molar-refractivity contribution in [1.82, 2.24) is 19.6 Å². The Morgan fingerprint density at radius 1 is 1.25 bits per heavy atom. The van der Waals surface area contributed by atoms with Crippen molar-refractivity contribution in [2.75, 3.05) is 6.61 Å². The summed E-state index contributed by atoms with van der Waals surface area (Å²) in [6.45, 7) is 2.41. The molecule has 3 aromatic rings. The minimum Gasteiger partial charge on any atom is -0.492 e. The van der Waals surface area contributed by atoms with Gasteiger partial charge in [-0.1, -0.05) is 0 Å². The van der Waals surface area contributed by atoms with Gasteiger partial charge in [-0.3, -0.25) is 14.8 Å². The third kappa shape index (κ3) is 2.11. The van der Waals surface area contributed by atoms with E-state index in [-0.39, 0.29) is 5.78 Å². The van der Waals surface area contributed by atoms with Gasteiger partial charge in [-0.05, 0) is 13.0 Å². The molecule has 3 heterocycles. The number of rotatable bonds is 4. The maximum Gasteiger partial charge on any atom is 0.198 e. The molecule has 0 radical (unpaired) electrons. The van der Waals surface area contributed by atoms with Crippen molar-refractivity contribution in [1.29, 1.82) is 0 Å². The molecule has 3 aromatic heterocycles. The van der Waals surface area contributed by atoms with Crippen LogP contribution in [0, 0.1) is 0 Å². The zero-order valence-electron chi connectivity index (χ0n) is 10.9. The lowest BCUT2D eigenvalue weighted by Crippen LogP contribution is -2.03. The van der Waals surface area contributed by atoms with Gasteiger partial charge in [-0.2, -0.15) is 5.10 Å². The number of carbonyl (C=O) groups excluding carboxylic acids is 1. The van der Waals surface area contributed by atoms with Gasteiger partial charge in [-0.25, -0.2) is 4.52 Å². The highest BCUT2D eigenvalue weighted by atomic mass is 16.5. The molecule has 0 aliphatic heterocycles. The standard InChI is InChI=1S/C14H12N4O2/c1-2-20-11-5-10(6-16-7-11)14(19)12-8-17-18-4-3-15-9-13(12)18/h3-9H,2H2,1H3. The number of carbonyl (C=O) groups is 1. The zero-order valence-corrected chi connectivity index (χ0v) is 10.9. The average Bonchev–Trinajstić information content (AvgIpc) is 2.91. The zero-order chi connectivity index (χ0) is 13.9. The lowest BCUT2D eigenvalue weighted by atomic mass is 10.1. The molecule has 0 aliphatic rings. The van der Waals surface area contributed by atoms with Crippen LogP contribution in [-0.2, 0) is 0 Å². The number of pyridine rings is 1. The molecule has 0 spiro atoms. The molecule has 0 aliphatic carbocycles. The first-order chi connectivity index (χ1) is 9.79. The van der Waals surface area contributed by atoms with E-state index in [9.17, 15) is 4.79 Å². The highest BCUT2D eigenvalue weighted by Gasteiger charge is 2.15. The van der Waals surface area contributed by atoms with Gasteiger partial charge in [0.05, 0.1) is 36.3 Å². The summed E-state index contributed by atoms with van der Waals surface area (Å²) in [4.78, 5) is 20.5. The topological polar surface area (TPSA) is 69.4 Å². The maximum absolute atomic E-state index is 12.5. The van der Waals surface area contributed by atoms with Gasteiger partial charge in [0.25, 0.3) is 0 Å². The van der Waals surface area contributed by atoms with E-state index in [1.165, 1.54) is 12.4 Å². The molecule has 0 amide bonds. The van der Waals surface area contributed by atoms with Crippen LogP contribution in [0.15, 0.2) is 43.2 Å². The number of hydrogen-bond donors (Lipinski definition) is 0. The summed E-state index contributed by atoms with van der Waals surface area (Å²) in [5.41, 5.74) is 1.63. The number of ether oxygens (including phenoxy) is 1. The minimum absolute atomic E-state index is 0.151. The van der Waals surface area contributed by atoms with Crippen molar-refractivity contribution < 1.29 is 9.53 Å². The second-order valence-electron chi connectivity index (χ2n) is 4.14. The van der Waals surface area contributed by atoms with E-state index < -0.39 is 0 Å². The van der Waals surface area contributed by atoms with Crippen molar-refractivity contribution in [3.05, 3.63) is 54.4 Å². The highest BCUT2D eigenvalue weighted by Crippen LogP contribution is 2.17. The Morgan fingerprint density at radius 2 is 2.15 bits per heavy atom. The van der Waals surface area contributed by atoms with Crippen LogP contribution in [0.3, 0.4) is 0 Å². The fourth-order valence-electron chi connectivity index (χ4n) is 1.95. The molecule has 0 bridgehead atoms. The van der Waals surface area contributed by atoms with Crippen molar-refractivity contribution in [2.24, 2.45) is 0 Å². The molecule has 6 nitrogen and oxygen atoms in total. The SMILES string of the molecule is CCOc1cncc(C(=O)c2cnn3ccncc23)c1. The summed E-state index contributed by atoms with van der Waals surface area (Å²) in [6.07, 6.45) is 9.56. The predicted molar refractivity (Wildman–Crippen MR) is 71.8 cm³/mol. The van der Waals surface area contributed by atoms with Gasteiger partial charge in [0.15, 0.2) is 5.78 Å². The van der Waals surface area contributed by atoms with E-state index in [2.05, 4.69) is 15.1 Å². The summed E-state index contributed by atoms with van der Waals surface area (Å²) in [6, 6.07) is 1.68. The second-order valence-corrected chi connectivity index (χ2v) is 4.14. The number of hydrogen-bond acceptors (Lipinski definition) is 5. The fourth-order valence-corrected chi connectivity index (χ4v) is 1.95. The maximum atomic E-state index is 12.5. The minimum atomic E-state index is -0.151. The Kier molecular flexibility index (Phi) is 3.12. The Balaban J connectivity index is 2.02. The first-order valence-electron chi connectivity index (χ1n) is 6.19. The third-order valence-electron chi connectivity index (χ3n) is 2.86. The smallest absolute Gasteiger partial charge is 0.198 e. The van der Waals surface area contributed by atoms with E-state index >= 15 is 0 Å². The molecule has 0 atom stereocenters. The van der Waals surface area contributed by atoms with Gasteiger partial charge >= 0.3 is 0 Å². The van der Waals surface area contributed by atoms with Crippen molar-refractivity contribution >= 4 is 11.3 Å². The molecule has 6 heteroatoms. The quantitative estimate of drug-likeness (QED) is 0.674. The molecule has 3 rings (SSSR count). The van der Waals surface area contributed by atoms with Crippen LogP contribution >= 0.6 is 0 Å². The van der Waals surface area contributed by atoms with E-state index in [4.69, 9.17) is 4.74 Å². The normalized spacial score (nSPS) is 10.7. The van der Waals surface area contributed by atoms with Crippen LogP contribution in [-0.4, -0.2) is 32.0 Å². The van der Waals surface area contributed by atoms with Crippen LogP contribution in [0.2, 0.25) is 0 Å². The molecule has 0 saturated heterocycles. The number of nitrogens with zero attached hydrogens (tertiary/aromatic N) is 4. The van der Waals surface area contributed by atoms with Crippen LogP contribution in [0.1, 0.15) is 22.8 Å². The van der Waals surface area contributed by atoms with Crippen LogP contribution in [0.4, 0.5) is 0 Å². The fraction of sp³-hybridized carbons (Fsp3) is 0.143. The second kappa shape index (κ2) is 5.08. The molecule has 100 valence electrons. The number of aromatic nitrogens is 4. The van der Waals surface area contributed by atoms with Gasteiger partial charge < -0.3 is 4.74 Å². The molecule has 0 saturated carbocycles. The highest BCUT2D eigenvalue weighted by molar-refractivity contribution is 6.12. The van der Waals surface area contributed by atoms with E-state index in [1.807, 2.05) is 6.92 Å². The van der Waals surface area contributed by atoms with Gasteiger partial charge in [0.2, 0.25) is 0 Å². The average molecular weight is 268 g/mol. The van der Waals surface area contributed by atoms with Crippen LogP contribution < -0.4 is 4.74 Å². The Morgan fingerprint density at radius 3 is 3.00 bits per heavy atom. The molecule has 20 heavy (non-hydrogen) atoms. The molecule has 0 unspecified atom stereocenters. The molecular weight excluding hydrogens is 256 g/mol.